The van der Waals surface area contributed by atoms with Gasteiger partial charge < -0.3 is 20.1 Å². The summed E-state index contributed by atoms with van der Waals surface area (Å²) in [5.74, 6) is 2.55. The number of hydrogen-bond acceptors (Lipinski definition) is 6. The summed E-state index contributed by atoms with van der Waals surface area (Å²) in [6, 6.07) is 7.57. The lowest BCUT2D eigenvalue weighted by Gasteiger charge is -2.13. The molecule has 19 heavy (non-hydrogen) atoms. The molecule has 6 heteroatoms. The molecule has 1 aromatic carbocycles. The summed E-state index contributed by atoms with van der Waals surface area (Å²) in [6.07, 6.45) is 1.47. The van der Waals surface area contributed by atoms with Gasteiger partial charge in [-0.2, -0.15) is 0 Å². The SMILES string of the molecule is CNc1ncnc(Nc2cccc(OC)c2)c1OC. The van der Waals surface area contributed by atoms with E-state index < -0.39 is 0 Å². The van der Waals surface area contributed by atoms with Crippen molar-refractivity contribution in [3.8, 4) is 11.5 Å². The Morgan fingerprint density at radius 2 is 1.84 bits per heavy atom. The molecule has 0 saturated carbocycles. The van der Waals surface area contributed by atoms with Crippen molar-refractivity contribution in [3.05, 3.63) is 30.6 Å². The van der Waals surface area contributed by atoms with Gasteiger partial charge in [0.2, 0.25) is 5.75 Å². The third kappa shape index (κ3) is 2.85. The van der Waals surface area contributed by atoms with Gasteiger partial charge in [0.15, 0.2) is 11.6 Å². The van der Waals surface area contributed by atoms with Crippen LogP contribution in [0.2, 0.25) is 0 Å². The predicted molar refractivity (Wildman–Crippen MR) is 74.4 cm³/mol. The zero-order valence-electron chi connectivity index (χ0n) is 11.1. The lowest BCUT2D eigenvalue weighted by Crippen LogP contribution is -2.03. The molecule has 0 spiro atoms. The van der Waals surface area contributed by atoms with Crippen LogP contribution in [-0.4, -0.2) is 31.2 Å². The first kappa shape index (κ1) is 12.9. The summed E-state index contributed by atoms with van der Waals surface area (Å²) >= 11 is 0. The highest BCUT2D eigenvalue weighted by molar-refractivity contribution is 5.69. The van der Waals surface area contributed by atoms with Crippen LogP contribution in [0.3, 0.4) is 0 Å². The molecule has 2 aromatic rings. The fourth-order valence-electron chi connectivity index (χ4n) is 1.67. The van der Waals surface area contributed by atoms with Gasteiger partial charge in [0.05, 0.1) is 14.2 Å². The molecular weight excluding hydrogens is 244 g/mol. The molecule has 0 aliphatic heterocycles. The lowest BCUT2D eigenvalue weighted by atomic mass is 10.3. The van der Waals surface area contributed by atoms with E-state index >= 15 is 0 Å². The normalized spacial score (nSPS) is 9.84. The van der Waals surface area contributed by atoms with Crippen molar-refractivity contribution in [2.24, 2.45) is 0 Å². The molecule has 0 aliphatic carbocycles. The van der Waals surface area contributed by atoms with Gasteiger partial charge in [-0.15, -0.1) is 0 Å². The van der Waals surface area contributed by atoms with E-state index in [-0.39, 0.29) is 0 Å². The highest BCUT2D eigenvalue weighted by Crippen LogP contribution is 2.31. The number of aromatic nitrogens is 2. The van der Waals surface area contributed by atoms with Crippen molar-refractivity contribution in [1.29, 1.82) is 0 Å². The van der Waals surface area contributed by atoms with E-state index in [0.29, 0.717) is 17.4 Å². The summed E-state index contributed by atoms with van der Waals surface area (Å²) in [5, 5.41) is 6.13. The van der Waals surface area contributed by atoms with E-state index in [2.05, 4.69) is 20.6 Å². The highest BCUT2D eigenvalue weighted by Gasteiger charge is 2.11. The summed E-state index contributed by atoms with van der Waals surface area (Å²) < 4.78 is 10.5. The quantitative estimate of drug-likeness (QED) is 0.859. The topological polar surface area (TPSA) is 68.3 Å². The molecule has 0 saturated heterocycles. The monoisotopic (exact) mass is 260 g/mol. The number of nitrogens with zero attached hydrogens (tertiary/aromatic N) is 2. The molecule has 0 bridgehead atoms. The van der Waals surface area contributed by atoms with Crippen LogP contribution in [0.15, 0.2) is 30.6 Å². The van der Waals surface area contributed by atoms with Gasteiger partial charge in [0.1, 0.15) is 12.1 Å². The van der Waals surface area contributed by atoms with Crippen LogP contribution in [0.1, 0.15) is 0 Å². The fraction of sp³-hybridized carbons (Fsp3) is 0.231. The molecule has 0 atom stereocenters. The fourth-order valence-corrected chi connectivity index (χ4v) is 1.67. The smallest absolute Gasteiger partial charge is 0.204 e. The number of nitrogens with one attached hydrogen (secondary N) is 2. The van der Waals surface area contributed by atoms with Gasteiger partial charge in [0, 0.05) is 18.8 Å². The number of ether oxygens (including phenoxy) is 2. The maximum atomic E-state index is 5.31. The molecule has 2 rings (SSSR count). The number of hydrogen-bond donors (Lipinski definition) is 2. The van der Waals surface area contributed by atoms with Gasteiger partial charge in [-0.25, -0.2) is 9.97 Å². The molecule has 0 amide bonds. The maximum Gasteiger partial charge on any atom is 0.204 e. The molecule has 0 aliphatic rings. The summed E-state index contributed by atoms with van der Waals surface area (Å²) in [6.45, 7) is 0. The second-order valence-electron chi connectivity index (χ2n) is 3.71. The van der Waals surface area contributed by atoms with Crippen LogP contribution in [0, 0.1) is 0 Å². The number of rotatable bonds is 5. The zero-order valence-corrected chi connectivity index (χ0v) is 11.1. The molecule has 2 N–H and O–H groups in total. The van der Waals surface area contributed by atoms with E-state index in [1.54, 1.807) is 21.3 Å². The minimum Gasteiger partial charge on any atom is -0.497 e. The minimum absolute atomic E-state index is 0.563. The van der Waals surface area contributed by atoms with E-state index in [9.17, 15) is 0 Å². The Labute approximate surface area is 111 Å². The average molecular weight is 260 g/mol. The van der Waals surface area contributed by atoms with Crippen molar-refractivity contribution in [2.45, 2.75) is 0 Å². The average Bonchev–Trinajstić information content (AvgIpc) is 2.47. The zero-order chi connectivity index (χ0) is 13.7. The van der Waals surface area contributed by atoms with Crippen molar-refractivity contribution in [1.82, 2.24) is 9.97 Å². The summed E-state index contributed by atoms with van der Waals surface area (Å²) in [7, 11) is 4.99. The second kappa shape index (κ2) is 5.90. The molecule has 0 fully saturated rings. The Morgan fingerprint density at radius 1 is 1.05 bits per heavy atom. The third-order valence-electron chi connectivity index (χ3n) is 2.58. The van der Waals surface area contributed by atoms with Crippen molar-refractivity contribution < 1.29 is 9.47 Å². The molecule has 1 heterocycles. The van der Waals surface area contributed by atoms with E-state index in [1.165, 1.54) is 6.33 Å². The Balaban J connectivity index is 2.32. The van der Waals surface area contributed by atoms with Crippen LogP contribution < -0.4 is 20.1 Å². The molecule has 1 aromatic heterocycles. The Kier molecular flexibility index (Phi) is 4.02. The molecule has 6 nitrogen and oxygen atoms in total. The van der Waals surface area contributed by atoms with Gasteiger partial charge >= 0.3 is 0 Å². The first-order chi connectivity index (χ1) is 9.28. The maximum absolute atomic E-state index is 5.31. The van der Waals surface area contributed by atoms with Gasteiger partial charge in [0.25, 0.3) is 0 Å². The van der Waals surface area contributed by atoms with Crippen LogP contribution in [0.25, 0.3) is 0 Å². The third-order valence-corrected chi connectivity index (χ3v) is 2.58. The van der Waals surface area contributed by atoms with Crippen molar-refractivity contribution in [3.63, 3.8) is 0 Å². The second-order valence-corrected chi connectivity index (χ2v) is 3.71. The van der Waals surface area contributed by atoms with Crippen LogP contribution in [-0.2, 0) is 0 Å². The van der Waals surface area contributed by atoms with Gasteiger partial charge in [-0.3, -0.25) is 0 Å². The predicted octanol–water partition coefficient (Wildman–Crippen LogP) is 2.28. The largest absolute Gasteiger partial charge is 0.497 e. The Morgan fingerprint density at radius 3 is 2.53 bits per heavy atom. The highest BCUT2D eigenvalue weighted by atomic mass is 16.5. The Bertz CT molecular complexity index is 560. The van der Waals surface area contributed by atoms with Crippen molar-refractivity contribution in [2.75, 3.05) is 31.9 Å². The van der Waals surface area contributed by atoms with E-state index in [1.807, 2.05) is 24.3 Å². The lowest BCUT2D eigenvalue weighted by molar-refractivity contribution is 0.414. The number of methoxy groups -OCH3 is 2. The molecular formula is C13H16N4O2. The molecule has 0 unspecified atom stereocenters. The van der Waals surface area contributed by atoms with Crippen LogP contribution in [0.4, 0.5) is 17.3 Å². The minimum atomic E-state index is 0.563. The molecule has 100 valence electrons. The van der Waals surface area contributed by atoms with Crippen LogP contribution in [0.5, 0.6) is 11.5 Å². The Hall–Kier alpha value is -2.50. The standard InChI is InChI=1S/C13H16N4O2/c1-14-12-11(19-3)13(16-8-15-12)17-9-5-4-6-10(7-9)18-2/h4-8H,1-3H3,(H2,14,15,16,17). The first-order valence-corrected chi connectivity index (χ1v) is 5.76. The first-order valence-electron chi connectivity index (χ1n) is 5.76. The summed E-state index contributed by atoms with van der Waals surface area (Å²) in [4.78, 5) is 8.27. The van der Waals surface area contributed by atoms with Crippen molar-refractivity contribution >= 4 is 17.3 Å². The number of benzene rings is 1. The van der Waals surface area contributed by atoms with Gasteiger partial charge in [-0.1, -0.05) is 6.07 Å². The van der Waals surface area contributed by atoms with Crippen LogP contribution >= 0.6 is 0 Å². The summed E-state index contributed by atoms with van der Waals surface area (Å²) in [5.41, 5.74) is 0.860. The van der Waals surface area contributed by atoms with E-state index in [0.717, 1.165) is 11.4 Å². The van der Waals surface area contributed by atoms with Gasteiger partial charge in [-0.05, 0) is 12.1 Å². The number of anilines is 3. The van der Waals surface area contributed by atoms with E-state index in [4.69, 9.17) is 9.47 Å². The molecule has 0 radical (unpaired) electrons.